The summed E-state index contributed by atoms with van der Waals surface area (Å²) in [4.78, 5) is 60.0. The van der Waals surface area contributed by atoms with Crippen LogP contribution in [0.4, 0.5) is 0 Å². The van der Waals surface area contributed by atoms with Gasteiger partial charge in [-0.1, -0.05) is 10.0 Å². The summed E-state index contributed by atoms with van der Waals surface area (Å²) >= 11 is 0. The molecule has 0 amide bonds. The molecule has 1 rings (SSSR count). The monoisotopic (exact) mass is 384 g/mol. The molecule has 1 saturated heterocycles. The van der Waals surface area contributed by atoms with Crippen LogP contribution in [0.15, 0.2) is 0 Å². The van der Waals surface area contributed by atoms with E-state index in [4.69, 9.17) is 0 Å². The average molecular weight is 384 g/mol. The molecule has 1 heterocycles. The van der Waals surface area contributed by atoms with Crippen LogP contribution in [-0.4, -0.2) is 77.3 Å². The summed E-state index contributed by atoms with van der Waals surface area (Å²) in [5.41, 5.74) is -7.06. The van der Waals surface area contributed by atoms with Crippen LogP contribution in [0.25, 0.3) is 0 Å². The Kier molecular flexibility index (Phi) is 5.00. The Morgan fingerprint density at radius 3 is 0.808 bits per heavy atom. The van der Waals surface area contributed by atoms with Gasteiger partial charge in [0.2, 0.25) is 26.2 Å². The topological polar surface area (TPSA) is 265 Å². The number of hydrazine groups is 2. The van der Waals surface area contributed by atoms with Crippen LogP contribution in [0.3, 0.4) is 0 Å². The van der Waals surface area contributed by atoms with Crippen molar-refractivity contribution in [3.05, 3.63) is 60.7 Å². The lowest BCUT2D eigenvalue weighted by molar-refractivity contribution is -0.849. The molecule has 20 heteroatoms. The van der Waals surface area contributed by atoms with Crippen molar-refractivity contribution in [3.63, 3.8) is 0 Å². The first-order valence-corrected chi connectivity index (χ1v) is 6.16. The van der Waals surface area contributed by atoms with Crippen molar-refractivity contribution in [2.45, 2.75) is 11.3 Å². The number of rotatable bonds is 6. The molecular weight excluding hydrogens is 376 g/mol. The molecule has 0 unspecified atom stereocenters. The van der Waals surface area contributed by atoms with Gasteiger partial charge in [0.1, 0.15) is 19.7 Å². The van der Waals surface area contributed by atoms with Gasteiger partial charge in [-0.05, 0) is 0 Å². The molecular formula is C6H8N8O12. The highest BCUT2D eigenvalue weighted by Crippen LogP contribution is 2.25. The van der Waals surface area contributed by atoms with E-state index in [0.29, 0.717) is 0 Å². The van der Waals surface area contributed by atoms with E-state index < -0.39 is 77.3 Å². The molecule has 0 radical (unpaired) electrons. The third kappa shape index (κ3) is 3.13. The van der Waals surface area contributed by atoms with Crippen molar-refractivity contribution >= 4 is 0 Å². The first-order chi connectivity index (χ1) is 11.8. The van der Waals surface area contributed by atoms with Gasteiger partial charge in [0.25, 0.3) is 0 Å². The lowest BCUT2D eigenvalue weighted by Gasteiger charge is -2.29. The summed E-state index contributed by atoms with van der Waals surface area (Å²) in [5.74, 6) is 0. The normalized spacial score (nSPS) is 18.9. The zero-order valence-corrected chi connectivity index (χ0v) is 12.3. The fourth-order valence-electron chi connectivity index (χ4n) is 2.21. The number of hydrogen-bond donors (Lipinski definition) is 0. The van der Waals surface area contributed by atoms with Gasteiger partial charge in [-0.2, -0.15) is 0 Å². The molecule has 0 aromatic rings. The Morgan fingerprint density at radius 1 is 0.500 bits per heavy atom. The highest BCUT2D eigenvalue weighted by atomic mass is 16.7. The molecule has 1 fully saturated rings. The van der Waals surface area contributed by atoms with Crippen LogP contribution in [-0.2, 0) is 0 Å². The number of nitrogens with zero attached hydrogens (tertiary/aromatic N) is 8. The quantitative estimate of drug-likeness (QED) is 0.260. The molecule has 0 spiro atoms. The molecule has 0 aromatic heterocycles. The van der Waals surface area contributed by atoms with E-state index >= 15 is 0 Å². The van der Waals surface area contributed by atoms with Crippen LogP contribution in [0.1, 0.15) is 0 Å². The largest absolute Gasteiger partial charge is 0.503 e. The van der Waals surface area contributed by atoms with E-state index in [0.717, 1.165) is 0 Å². The molecule has 0 bridgehead atoms. The molecule has 0 N–H and O–H groups in total. The molecule has 0 atom stereocenters. The van der Waals surface area contributed by atoms with Gasteiger partial charge >= 0.3 is 11.3 Å². The van der Waals surface area contributed by atoms with E-state index in [2.05, 4.69) is 0 Å². The minimum atomic E-state index is -3.53. The lowest BCUT2D eigenvalue weighted by Crippen LogP contribution is -2.71. The first kappa shape index (κ1) is 20.0. The van der Waals surface area contributed by atoms with Crippen molar-refractivity contribution in [1.29, 1.82) is 0 Å². The minimum absolute atomic E-state index is 0.436. The van der Waals surface area contributed by atoms with Crippen molar-refractivity contribution in [1.82, 2.24) is 10.0 Å². The van der Waals surface area contributed by atoms with Gasteiger partial charge in [0.15, 0.2) is 10.1 Å². The maximum atomic E-state index is 11.1. The van der Waals surface area contributed by atoms with Gasteiger partial charge < -0.3 is 0 Å². The predicted molar refractivity (Wildman–Crippen MR) is 70.6 cm³/mol. The molecule has 1 aliphatic rings. The summed E-state index contributed by atoms with van der Waals surface area (Å²) in [5, 5.41) is 62.7. The van der Waals surface area contributed by atoms with Gasteiger partial charge in [-0.15, -0.1) is 0 Å². The van der Waals surface area contributed by atoms with E-state index in [9.17, 15) is 60.7 Å². The molecule has 0 saturated carbocycles. The standard InChI is InChI=1S/C6H8N8O12/c15-9(16)5(10(17)18)1-7(13(23)24)3-6(11(19)20,12(21)22)4-8(2-5)14(25)26/h1-4H2. The van der Waals surface area contributed by atoms with Crippen LogP contribution in [0, 0.1) is 60.7 Å². The van der Waals surface area contributed by atoms with Crippen molar-refractivity contribution in [3.8, 4) is 0 Å². The second-order valence-corrected chi connectivity index (χ2v) is 5.11. The van der Waals surface area contributed by atoms with Crippen LogP contribution in [0.2, 0.25) is 0 Å². The zero-order valence-electron chi connectivity index (χ0n) is 12.3. The van der Waals surface area contributed by atoms with Gasteiger partial charge in [-0.25, -0.2) is 20.2 Å². The van der Waals surface area contributed by atoms with E-state index in [1.165, 1.54) is 0 Å². The van der Waals surface area contributed by atoms with Gasteiger partial charge in [0.05, 0.1) is 0 Å². The summed E-state index contributed by atoms with van der Waals surface area (Å²) < 4.78 is 0. The van der Waals surface area contributed by atoms with Crippen LogP contribution in [0.5, 0.6) is 0 Å². The molecule has 0 aliphatic carbocycles. The average Bonchev–Trinajstić information content (AvgIpc) is 2.45. The Bertz CT molecular complexity index is 589. The van der Waals surface area contributed by atoms with E-state index in [-0.39, 0.29) is 0 Å². The van der Waals surface area contributed by atoms with Crippen molar-refractivity contribution < 1.29 is 29.8 Å². The van der Waals surface area contributed by atoms with E-state index in [1.54, 1.807) is 0 Å². The maximum absolute atomic E-state index is 11.1. The summed E-state index contributed by atoms with van der Waals surface area (Å²) in [6.07, 6.45) is 0. The maximum Gasteiger partial charge on any atom is 0.503 e. The fourth-order valence-corrected chi connectivity index (χ4v) is 2.21. The Balaban J connectivity index is 3.65. The van der Waals surface area contributed by atoms with Gasteiger partial charge in [-0.3, -0.25) is 40.5 Å². The second-order valence-electron chi connectivity index (χ2n) is 5.11. The highest BCUT2D eigenvalue weighted by Gasteiger charge is 2.71. The van der Waals surface area contributed by atoms with Crippen LogP contribution < -0.4 is 0 Å². The Hall–Kier alpha value is -4.00. The summed E-state index contributed by atoms with van der Waals surface area (Å²) in [6.45, 7) is -7.14. The second kappa shape index (κ2) is 6.48. The third-order valence-corrected chi connectivity index (χ3v) is 3.56. The summed E-state index contributed by atoms with van der Waals surface area (Å²) in [7, 11) is 0. The zero-order chi connectivity index (χ0) is 20.4. The van der Waals surface area contributed by atoms with E-state index in [1.807, 2.05) is 0 Å². The predicted octanol–water partition coefficient (Wildman–Crippen LogP) is -2.51. The van der Waals surface area contributed by atoms with Crippen molar-refractivity contribution in [2.24, 2.45) is 0 Å². The first-order valence-electron chi connectivity index (χ1n) is 6.16. The smallest absolute Gasteiger partial charge is 0.258 e. The molecule has 0 aromatic carbocycles. The fraction of sp³-hybridized carbons (Fsp3) is 1.00. The molecule has 26 heavy (non-hydrogen) atoms. The number of hydrogen-bond acceptors (Lipinski definition) is 12. The van der Waals surface area contributed by atoms with Gasteiger partial charge in [0, 0.05) is 0 Å². The minimum Gasteiger partial charge on any atom is -0.258 e. The summed E-state index contributed by atoms with van der Waals surface area (Å²) in [6, 6.07) is 0. The van der Waals surface area contributed by atoms with Crippen molar-refractivity contribution in [2.75, 3.05) is 26.2 Å². The Labute approximate surface area is 139 Å². The van der Waals surface area contributed by atoms with Crippen LogP contribution >= 0.6 is 0 Å². The molecule has 20 nitrogen and oxygen atoms in total. The SMILES string of the molecule is O=[N+]([O-])N1CC([N+](=O)[O-])([N+](=O)[O-])CN([N+](=O)[O-])CC([N+](=O)[O-])([N+](=O)[O-])C1. The molecule has 1 aliphatic heterocycles. The Morgan fingerprint density at radius 2 is 0.692 bits per heavy atom. The number of nitro groups is 6. The third-order valence-electron chi connectivity index (χ3n) is 3.56. The lowest BCUT2D eigenvalue weighted by atomic mass is 10.1. The highest BCUT2D eigenvalue weighted by molar-refractivity contribution is 4.83. The molecule has 144 valence electrons.